The van der Waals surface area contributed by atoms with Gasteiger partial charge in [0.25, 0.3) is 11.6 Å². The molecule has 0 N–H and O–H groups in total. The predicted octanol–water partition coefficient (Wildman–Crippen LogP) is 6.72. The number of benzene rings is 3. The van der Waals surface area contributed by atoms with E-state index in [0.717, 1.165) is 17.8 Å². The molecule has 1 fully saturated rings. The molecule has 4 rings (SSSR count). The molecule has 1 amide bonds. The molecule has 0 aliphatic carbocycles. The number of ether oxygens (including phenoxy) is 1. The topological polar surface area (TPSA) is 116 Å². The number of carbonyl (C=O) groups is 1. The zero-order valence-electron chi connectivity index (χ0n) is 18.2. The highest BCUT2D eigenvalue weighted by molar-refractivity contribution is 8.27. The van der Waals surface area contributed by atoms with Crippen LogP contribution >= 0.6 is 24.0 Å². The molecule has 0 radical (unpaired) electrons. The quantitative estimate of drug-likeness (QED) is 0.145. The van der Waals surface area contributed by atoms with Crippen LogP contribution in [0.2, 0.25) is 0 Å². The van der Waals surface area contributed by atoms with E-state index in [9.17, 15) is 38.2 Å². The van der Waals surface area contributed by atoms with Crippen LogP contribution in [0.1, 0.15) is 11.1 Å². The lowest BCUT2D eigenvalue weighted by Gasteiger charge is -2.13. The molecule has 0 atom stereocenters. The van der Waals surface area contributed by atoms with Crippen molar-refractivity contribution in [2.45, 2.75) is 6.18 Å². The number of thiocarbonyl (C=S) groups is 1. The van der Waals surface area contributed by atoms with E-state index in [1.54, 1.807) is 0 Å². The van der Waals surface area contributed by atoms with Gasteiger partial charge in [-0.25, -0.2) is 0 Å². The van der Waals surface area contributed by atoms with Crippen LogP contribution in [0, 0.1) is 20.2 Å². The first-order valence-electron chi connectivity index (χ1n) is 10.1. The average Bonchev–Trinajstić information content (AvgIpc) is 3.12. The van der Waals surface area contributed by atoms with Gasteiger partial charge in [0.15, 0.2) is 4.32 Å². The second kappa shape index (κ2) is 9.99. The molecule has 9 nitrogen and oxygen atoms in total. The van der Waals surface area contributed by atoms with E-state index < -0.39 is 33.2 Å². The molecule has 1 heterocycles. The van der Waals surface area contributed by atoms with Crippen LogP contribution in [0.25, 0.3) is 6.08 Å². The highest BCUT2D eigenvalue weighted by atomic mass is 32.2. The van der Waals surface area contributed by atoms with Crippen molar-refractivity contribution in [1.82, 2.24) is 0 Å². The number of anilines is 1. The Morgan fingerprint density at radius 3 is 2.30 bits per heavy atom. The smallest absolute Gasteiger partial charge is 0.416 e. The largest absolute Gasteiger partial charge is 0.450 e. The Morgan fingerprint density at radius 1 is 0.973 bits per heavy atom. The van der Waals surface area contributed by atoms with Gasteiger partial charge in [-0.05, 0) is 42.0 Å². The number of hydrogen-bond donors (Lipinski definition) is 0. The Labute approximate surface area is 215 Å². The molecule has 0 unspecified atom stereocenters. The van der Waals surface area contributed by atoms with Crippen molar-refractivity contribution in [2.24, 2.45) is 0 Å². The van der Waals surface area contributed by atoms with E-state index >= 15 is 0 Å². The minimum atomic E-state index is -4.75. The fraction of sp³-hybridized carbons (Fsp3) is 0.0435. The average molecular weight is 547 g/mol. The lowest BCUT2D eigenvalue weighted by atomic mass is 10.1. The molecule has 0 aromatic heterocycles. The number of nitrogens with zero attached hydrogens (tertiary/aromatic N) is 3. The predicted molar refractivity (Wildman–Crippen MR) is 133 cm³/mol. The normalized spacial score (nSPS) is 14.8. The summed E-state index contributed by atoms with van der Waals surface area (Å²) >= 11 is 6.27. The van der Waals surface area contributed by atoms with Crippen molar-refractivity contribution >= 4 is 57.3 Å². The Morgan fingerprint density at radius 2 is 1.68 bits per heavy atom. The monoisotopic (exact) mass is 547 g/mol. The molecule has 0 spiro atoms. The molecule has 3 aromatic carbocycles. The van der Waals surface area contributed by atoms with E-state index in [2.05, 4.69) is 0 Å². The zero-order valence-corrected chi connectivity index (χ0v) is 19.8. The number of halogens is 3. The first-order valence-corrected chi connectivity index (χ1v) is 11.3. The van der Waals surface area contributed by atoms with E-state index in [1.165, 1.54) is 59.5 Å². The minimum absolute atomic E-state index is 0.115. The third-order valence-electron chi connectivity index (χ3n) is 4.98. The maximum Gasteiger partial charge on any atom is 0.416 e. The Kier molecular flexibility index (Phi) is 6.96. The van der Waals surface area contributed by atoms with Gasteiger partial charge in [-0.15, -0.1) is 0 Å². The molecule has 0 saturated carbocycles. The van der Waals surface area contributed by atoms with Crippen molar-refractivity contribution in [2.75, 3.05) is 4.90 Å². The van der Waals surface area contributed by atoms with Gasteiger partial charge in [-0.3, -0.25) is 29.9 Å². The van der Waals surface area contributed by atoms with Crippen molar-refractivity contribution in [3.05, 3.63) is 103 Å². The molecule has 1 saturated heterocycles. The standard InChI is InChI=1S/C23H12F3N3O6S2/c24-23(25,26)14-6-9-19(18(11-14)29(33)34)35-17-7-4-13(5-8-17)10-20-21(30)27(22(36)37-20)15-2-1-3-16(12-15)28(31)32/h1-12H/b20-10+. The van der Waals surface area contributed by atoms with Crippen LogP contribution in [0.4, 0.5) is 30.2 Å². The van der Waals surface area contributed by atoms with Crippen molar-refractivity contribution < 1.29 is 32.5 Å². The minimum Gasteiger partial charge on any atom is -0.450 e. The maximum atomic E-state index is 12.9. The molecule has 0 bridgehead atoms. The number of nitro groups is 2. The highest BCUT2D eigenvalue weighted by Gasteiger charge is 2.35. The number of non-ortho nitro benzene ring substituents is 1. The lowest BCUT2D eigenvalue weighted by Crippen LogP contribution is -2.27. The van der Waals surface area contributed by atoms with E-state index in [-0.39, 0.29) is 32.1 Å². The van der Waals surface area contributed by atoms with Crippen LogP contribution in [-0.2, 0) is 11.0 Å². The highest BCUT2D eigenvalue weighted by Crippen LogP contribution is 2.39. The summed E-state index contributed by atoms with van der Waals surface area (Å²) < 4.78 is 44.3. The van der Waals surface area contributed by atoms with Crippen LogP contribution < -0.4 is 9.64 Å². The van der Waals surface area contributed by atoms with Crippen molar-refractivity contribution in [1.29, 1.82) is 0 Å². The third-order valence-corrected chi connectivity index (χ3v) is 6.28. The van der Waals surface area contributed by atoms with E-state index in [1.807, 2.05) is 0 Å². The summed E-state index contributed by atoms with van der Waals surface area (Å²) in [5, 5.41) is 22.3. The Hall–Kier alpha value is -4.30. The number of thioether (sulfide) groups is 1. The zero-order chi connectivity index (χ0) is 26.9. The lowest BCUT2D eigenvalue weighted by molar-refractivity contribution is -0.385. The molecule has 37 heavy (non-hydrogen) atoms. The second-order valence-electron chi connectivity index (χ2n) is 7.40. The van der Waals surface area contributed by atoms with Crippen LogP contribution in [0.3, 0.4) is 0 Å². The number of alkyl halides is 3. The Balaban J connectivity index is 1.54. The van der Waals surface area contributed by atoms with E-state index in [4.69, 9.17) is 17.0 Å². The van der Waals surface area contributed by atoms with Gasteiger partial charge in [0.05, 0.1) is 26.0 Å². The molecular weight excluding hydrogens is 535 g/mol. The number of carbonyl (C=O) groups excluding carboxylic acids is 1. The first kappa shape index (κ1) is 25.8. The van der Waals surface area contributed by atoms with Gasteiger partial charge in [0.1, 0.15) is 5.75 Å². The van der Waals surface area contributed by atoms with Crippen LogP contribution in [0.15, 0.2) is 71.6 Å². The third kappa shape index (κ3) is 5.59. The summed E-state index contributed by atoms with van der Waals surface area (Å²) in [4.78, 5) is 35.1. The molecular formula is C23H12F3N3O6S2. The Bertz CT molecular complexity index is 1480. The maximum absolute atomic E-state index is 12.9. The summed E-state index contributed by atoms with van der Waals surface area (Å²) in [6, 6.07) is 13.4. The summed E-state index contributed by atoms with van der Waals surface area (Å²) in [6.45, 7) is 0. The van der Waals surface area contributed by atoms with Gasteiger partial charge in [0.2, 0.25) is 5.75 Å². The number of hydrogen-bond acceptors (Lipinski definition) is 8. The van der Waals surface area contributed by atoms with Gasteiger partial charge >= 0.3 is 11.9 Å². The SMILES string of the molecule is O=C1/C(=C\c2ccc(Oc3ccc(C(F)(F)F)cc3[N+](=O)[O-])cc2)SC(=S)N1c1cccc([N+](=O)[O-])c1. The number of nitro benzene ring substituents is 2. The van der Waals surface area contributed by atoms with Gasteiger partial charge in [-0.2, -0.15) is 13.2 Å². The number of rotatable bonds is 6. The summed E-state index contributed by atoms with van der Waals surface area (Å²) in [6.07, 6.45) is -3.22. The first-order chi connectivity index (χ1) is 17.4. The molecule has 3 aromatic rings. The van der Waals surface area contributed by atoms with Gasteiger partial charge < -0.3 is 4.74 Å². The van der Waals surface area contributed by atoms with Gasteiger partial charge in [0, 0.05) is 18.2 Å². The molecule has 14 heteroatoms. The summed E-state index contributed by atoms with van der Waals surface area (Å²) in [5.74, 6) is -0.732. The fourth-order valence-electron chi connectivity index (χ4n) is 3.27. The summed E-state index contributed by atoms with van der Waals surface area (Å²) in [7, 11) is 0. The van der Waals surface area contributed by atoms with Crippen LogP contribution in [0.5, 0.6) is 11.5 Å². The van der Waals surface area contributed by atoms with Crippen LogP contribution in [-0.4, -0.2) is 20.1 Å². The van der Waals surface area contributed by atoms with Crippen molar-refractivity contribution in [3.63, 3.8) is 0 Å². The van der Waals surface area contributed by atoms with Crippen molar-refractivity contribution in [3.8, 4) is 11.5 Å². The van der Waals surface area contributed by atoms with E-state index in [0.29, 0.717) is 17.7 Å². The van der Waals surface area contributed by atoms with Gasteiger partial charge in [-0.1, -0.05) is 42.2 Å². The fourth-order valence-corrected chi connectivity index (χ4v) is 4.57. The molecule has 1 aliphatic rings. The summed E-state index contributed by atoms with van der Waals surface area (Å²) in [5.41, 5.74) is -1.43. The molecule has 1 aliphatic heterocycles. The second-order valence-corrected chi connectivity index (χ2v) is 9.08. The number of amides is 1. The molecule has 188 valence electrons.